The topological polar surface area (TPSA) is 210 Å². The van der Waals surface area contributed by atoms with Crippen LogP contribution in [0.1, 0.15) is 52.7 Å². The highest BCUT2D eigenvalue weighted by atomic mass is 35.5. The SMILES string of the molecule is Cc1ccc(S(=O)(=O)OCC(CO)Oc2ccc(-c3c(-c4ccc(F)cc4)sc4ncnc(OC(Cc5cc(O)c(C)cc5OCc5ccnc(C6CCCO6)n5)C(=O)O)c34)c(C)c2Cl)cc1. The average molecular weight is 971 g/mol. The lowest BCUT2D eigenvalue weighted by molar-refractivity contribution is -0.145. The third-order valence-electron chi connectivity index (χ3n) is 11.0. The van der Waals surface area contributed by atoms with Gasteiger partial charge in [-0.1, -0.05) is 47.5 Å². The van der Waals surface area contributed by atoms with E-state index >= 15 is 0 Å². The number of carboxylic acid groups (broad SMARTS) is 1. The molecule has 0 spiro atoms. The van der Waals surface area contributed by atoms with E-state index in [1.807, 2.05) is 6.92 Å². The molecule has 0 aliphatic carbocycles. The second-order valence-corrected chi connectivity index (χ2v) is 18.8. The molecule has 1 aliphatic rings. The van der Waals surface area contributed by atoms with Gasteiger partial charge in [-0.3, -0.25) is 4.18 Å². The number of aromatic hydroxyl groups is 1. The average Bonchev–Trinajstić information content (AvgIpc) is 4.00. The summed E-state index contributed by atoms with van der Waals surface area (Å²) in [6, 6.07) is 19.9. The molecule has 3 unspecified atom stereocenters. The molecule has 1 aliphatic heterocycles. The number of aliphatic carboxylic acids is 1. The van der Waals surface area contributed by atoms with Gasteiger partial charge in [-0.25, -0.2) is 29.1 Å². The number of hydrogen-bond acceptors (Lipinski definition) is 15. The van der Waals surface area contributed by atoms with Crippen LogP contribution in [0, 0.1) is 26.6 Å². The number of phenols is 1. The quantitative estimate of drug-likeness (QED) is 0.0686. The number of thiophene rings is 1. The Morgan fingerprint density at radius 3 is 2.48 bits per heavy atom. The van der Waals surface area contributed by atoms with Crippen molar-refractivity contribution in [3.05, 3.63) is 136 Å². The maximum Gasteiger partial charge on any atom is 0.345 e. The van der Waals surface area contributed by atoms with E-state index in [2.05, 4.69) is 19.9 Å². The zero-order valence-electron chi connectivity index (χ0n) is 36.3. The van der Waals surface area contributed by atoms with E-state index in [0.717, 1.165) is 18.4 Å². The summed E-state index contributed by atoms with van der Waals surface area (Å²) < 4.78 is 69.6. The number of fused-ring (bicyclic) bond motifs is 1. The minimum atomic E-state index is -4.17. The molecule has 3 aromatic heterocycles. The van der Waals surface area contributed by atoms with Crippen molar-refractivity contribution >= 4 is 49.2 Å². The Labute approximate surface area is 393 Å². The van der Waals surface area contributed by atoms with Crippen LogP contribution in [-0.2, 0) is 36.9 Å². The van der Waals surface area contributed by atoms with Crippen LogP contribution in [-0.4, -0.2) is 81.7 Å². The van der Waals surface area contributed by atoms with Crippen LogP contribution in [0.4, 0.5) is 4.39 Å². The highest BCUT2D eigenvalue weighted by Crippen LogP contribution is 2.49. The van der Waals surface area contributed by atoms with Crippen LogP contribution in [0.2, 0.25) is 5.02 Å². The number of aromatic nitrogens is 4. The predicted octanol–water partition coefficient (Wildman–Crippen LogP) is 8.89. The number of halogens is 2. The summed E-state index contributed by atoms with van der Waals surface area (Å²) in [7, 11) is -4.17. The van der Waals surface area contributed by atoms with Crippen molar-refractivity contribution in [2.45, 2.75) is 69.8 Å². The lowest BCUT2D eigenvalue weighted by atomic mass is 9.96. The zero-order valence-corrected chi connectivity index (χ0v) is 38.7. The number of benzene rings is 4. The lowest BCUT2D eigenvalue weighted by Gasteiger charge is -2.20. The predicted molar refractivity (Wildman–Crippen MR) is 247 cm³/mol. The maximum atomic E-state index is 14.3. The van der Waals surface area contributed by atoms with Gasteiger partial charge < -0.3 is 34.3 Å². The minimum absolute atomic E-state index is 0.0190. The number of nitrogens with zero attached hydrogens (tertiary/aromatic N) is 4. The number of phenolic OH excluding ortho intramolecular Hbond substituents is 1. The summed E-state index contributed by atoms with van der Waals surface area (Å²) in [6.45, 7) is 4.75. The van der Waals surface area contributed by atoms with Crippen molar-refractivity contribution < 1.29 is 56.1 Å². The van der Waals surface area contributed by atoms with Crippen LogP contribution in [0.5, 0.6) is 23.1 Å². The molecule has 8 rings (SSSR count). The van der Waals surface area contributed by atoms with Crippen LogP contribution in [0.3, 0.4) is 0 Å². The second kappa shape index (κ2) is 20.3. The van der Waals surface area contributed by atoms with E-state index in [1.54, 1.807) is 68.6 Å². The zero-order chi connectivity index (χ0) is 47.4. The molecule has 0 amide bonds. The molecule has 15 nitrogen and oxygen atoms in total. The Hall–Kier alpha value is -6.28. The van der Waals surface area contributed by atoms with Crippen molar-refractivity contribution in [2.24, 2.45) is 0 Å². The number of aryl methyl sites for hydroxylation is 2. The first-order valence-corrected chi connectivity index (χ1v) is 23.6. The summed E-state index contributed by atoms with van der Waals surface area (Å²) in [6.07, 6.45) is 1.43. The number of aliphatic hydroxyl groups is 1. The third kappa shape index (κ3) is 10.6. The molecule has 1 saturated heterocycles. The van der Waals surface area contributed by atoms with Gasteiger partial charge in [-0.05, 0) is 104 Å². The largest absolute Gasteiger partial charge is 0.508 e. The molecule has 67 heavy (non-hydrogen) atoms. The number of carboxylic acids is 1. The summed E-state index contributed by atoms with van der Waals surface area (Å²) in [4.78, 5) is 32.0. The smallest absolute Gasteiger partial charge is 0.345 e. The molecule has 4 heterocycles. The highest BCUT2D eigenvalue weighted by Gasteiger charge is 2.30. The second-order valence-electron chi connectivity index (χ2n) is 15.8. The van der Waals surface area contributed by atoms with Gasteiger partial charge in [0.2, 0.25) is 12.0 Å². The molecule has 4 aromatic carbocycles. The number of hydrogen-bond donors (Lipinski definition) is 3. The Bertz CT molecular complexity index is 3040. The maximum absolute atomic E-state index is 14.3. The Morgan fingerprint density at radius 1 is 0.985 bits per heavy atom. The fraction of sp³-hybridized carbons (Fsp3) is 0.271. The number of rotatable bonds is 18. The van der Waals surface area contributed by atoms with E-state index in [0.29, 0.717) is 72.3 Å². The summed E-state index contributed by atoms with van der Waals surface area (Å²) in [5.74, 6) is -0.976. The van der Waals surface area contributed by atoms with Crippen LogP contribution >= 0.6 is 22.9 Å². The van der Waals surface area contributed by atoms with E-state index < -0.39 is 47.3 Å². The number of carbonyl (C=O) groups is 1. The van der Waals surface area contributed by atoms with Gasteiger partial charge in [-0.15, -0.1) is 11.3 Å². The van der Waals surface area contributed by atoms with Crippen molar-refractivity contribution in [3.63, 3.8) is 0 Å². The molecule has 348 valence electrons. The van der Waals surface area contributed by atoms with Gasteiger partial charge in [0.05, 0.1) is 27.6 Å². The van der Waals surface area contributed by atoms with E-state index in [-0.39, 0.29) is 46.4 Å². The molecule has 0 bridgehead atoms. The van der Waals surface area contributed by atoms with Crippen LogP contribution in [0.25, 0.3) is 31.8 Å². The first-order chi connectivity index (χ1) is 32.2. The first kappa shape index (κ1) is 47.2. The Kier molecular flexibility index (Phi) is 14.3. The Balaban J connectivity index is 1.11. The number of ether oxygens (including phenoxy) is 4. The minimum Gasteiger partial charge on any atom is -0.508 e. The Morgan fingerprint density at radius 2 is 1.76 bits per heavy atom. The van der Waals surface area contributed by atoms with Gasteiger partial charge in [0.1, 0.15) is 59.6 Å². The van der Waals surface area contributed by atoms with Crippen molar-refractivity contribution in [1.82, 2.24) is 19.9 Å². The standard InChI is InChI=1S/C48H44ClFN4O11S2/c1-26-6-12-34(13-7-26)67(59,60)63-24-33(22-55)64-37-15-14-35(28(3)43(37)49)41-42-46(52-25-53-47(42)66-44(41)29-8-10-31(50)11-9-29)65-40(48(57)58)21-30-20-36(56)27(2)19-39(30)62-23-32-16-17-51-45(54-32)38-5-4-18-61-38/h6-17,19-20,25,33,38,40,55-56H,4-5,18,21-24H2,1-3H3,(H,57,58). The molecule has 0 radical (unpaired) electrons. The molecular formula is C48H44ClFN4O11S2. The fourth-order valence-corrected chi connectivity index (χ4v) is 9.72. The van der Waals surface area contributed by atoms with Crippen molar-refractivity contribution in [2.75, 3.05) is 19.8 Å². The summed E-state index contributed by atoms with van der Waals surface area (Å²) in [5.41, 5.74) is 4.38. The molecule has 7 aromatic rings. The van der Waals surface area contributed by atoms with Gasteiger partial charge in [0, 0.05) is 35.2 Å². The highest BCUT2D eigenvalue weighted by molar-refractivity contribution is 7.86. The molecule has 3 atom stereocenters. The van der Waals surface area contributed by atoms with E-state index in [1.165, 1.54) is 48.0 Å². The molecule has 3 N–H and O–H groups in total. The van der Waals surface area contributed by atoms with Gasteiger partial charge in [0.15, 0.2) is 5.82 Å². The van der Waals surface area contributed by atoms with Crippen molar-refractivity contribution in [3.8, 4) is 44.7 Å². The molecule has 1 fully saturated rings. The molecular weight excluding hydrogens is 927 g/mol. The van der Waals surface area contributed by atoms with Crippen LogP contribution in [0.15, 0.2) is 96.3 Å². The van der Waals surface area contributed by atoms with E-state index in [4.69, 9.17) is 34.7 Å². The van der Waals surface area contributed by atoms with E-state index in [9.17, 15) is 32.9 Å². The molecule has 19 heteroatoms. The lowest BCUT2D eigenvalue weighted by Crippen LogP contribution is -2.30. The summed E-state index contributed by atoms with van der Waals surface area (Å²) in [5, 5.41) is 32.1. The number of aliphatic hydroxyl groups excluding tert-OH is 1. The van der Waals surface area contributed by atoms with Crippen molar-refractivity contribution in [1.29, 1.82) is 0 Å². The monoisotopic (exact) mass is 970 g/mol. The van der Waals surface area contributed by atoms with Crippen LogP contribution < -0.4 is 14.2 Å². The third-order valence-corrected chi connectivity index (χ3v) is 13.9. The van der Waals surface area contributed by atoms with Gasteiger partial charge in [0.25, 0.3) is 10.1 Å². The van der Waals surface area contributed by atoms with Gasteiger partial charge in [-0.2, -0.15) is 8.42 Å². The fourth-order valence-electron chi connectivity index (χ4n) is 7.42. The van der Waals surface area contributed by atoms with Gasteiger partial charge >= 0.3 is 5.97 Å². The summed E-state index contributed by atoms with van der Waals surface area (Å²) >= 11 is 8.23. The normalized spacial score (nSPS) is 14.8. The molecule has 0 saturated carbocycles. The first-order valence-electron chi connectivity index (χ1n) is 21.0.